The standard InChI is InChI=1S/C19H29NO/c1-4-5-6-7-8-12-15-18(19(21)20(2)3)16-17-13-10-9-11-14-17/h8-14,18H,4-7,15-16H2,1-3H3. The molecule has 0 aromatic heterocycles. The molecule has 0 fully saturated rings. The molecule has 0 N–H and O–H groups in total. The van der Waals surface area contributed by atoms with Gasteiger partial charge in [0.05, 0.1) is 0 Å². The first-order valence-corrected chi connectivity index (χ1v) is 8.05. The Labute approximate surface area is 129 Å². The average molecular weight is 287 g/mol. The largest absolute Gasteiger partial charge is 0.349 e. The van der Waals surface area contributed by atoms with Gasteiger partial charge in [-0.25, -0.2) is 0 Å². The Hall–Kier alpha value is -1.57. The average Bonchev–Trinajstić information content (AvgIpc) is 2.49. The topological polar surface area (TPSA) is 20.3 Å². The molecule has 116 valence electrons. The predicted molar refractivity (Wildman–Crippen MR) is 90.2 cm³/mol. The lowest BCUT2D eigenvalue weighted by molar-refractivity contribution is -0.132. The number of hydrogen-bond acceptors (Lipinski definition) is 1. The van der Waals surface area contributed by atoms with Crippen LogP contribution in [0.15, 0.2) is 42.5 Å². The Morgan fingerprint density at radius 2 is 1.86 bits per heavy atom. The van der Waals surface area contributed by atoms with Gasteiger partial charge in [-0.1, -0.05) is 62.2 Å². The second-order valence-corrected chi connectivity index (χ2v) is 5.82. The van der Waals surface area contributed by atoms with Gasteiger partial charge in [-0.3, -0.25) is 4.79 Å². The molecule has 0 bridgehead atoms. The normalized spacial score (nSPS) is 12.5. The Bertz CT molecular complexity index is 422. The van der Waals surface area contributed by atoms with Crippen LogP contribution < -0.4 is 0 Å². The van der Waals surface area contributed by atoms with Crippen molar-refractivity contribution < 1.29 is 4.79 Å². The lowest BCUT2D eigenvalue weighted by atomic mass is 9.94. The van der Waals surface area contributed by atoms with E-state index in [-0.39, 0.29) is 11.8 Å². The van der Waals surface area contributed by atoms with Crippen molar-refractivity contribution >= 4 is 5.91 Å². The van der Waals surface area contributed by atoms with Crippen LogP contribution in [0.2, 0.25) is 0 Å². The van der Waals surface area contributed by atoms with Crippen molar-refractivity contribution in [1.82, 2.24) is 4.90 Å². The van der Waals surface area contributed by atoms with E-state index in [1.807, 2.05) is 32.3 Å². The van der Waals surface area contributed by atoms with E-state index < -0.39 is 0 Å². The van der Waals surface area contributed by atoms with Crippen LogP contribution in [0.1, 0.15) is 44.6 Å². The number of allylic oxidation sites excluding steroid dienone is 2. The van der Waals surface area contributed by atoms with Crippen molar-refractivity contribution in [3.63, 3.8) is 0 Å². The van der Waals surface area contributed by atoms with Crippen molar-refractivity contribution in [2.45, 2.75) is 45.4 Å². The number of unbranched alkanes of at least 4 members (excludes halogenated alkanes) is 3. The summed E-state index contributed by atoms with van der Waals surface area (Å²) in [7, 11) is 3.68. The SMILES string of the molecule is CCCCCC=CCC(Cc1ccccc1)C(=O)N(C)C. The number of benzene rings is 1. The number of nitrogens with zero attached hydrogens (tertiary/aromatic N) is 1. The van der Waals surface area contributed by atoms with E-state index in [1.165, 1.54) is 24.8 Å². The maximum absolute atomic E-state index is 12.3. The highest BCUT2D eigenvalue weighted by Crippen LogP contribution is 2.15. The lowest BCUT2D eigenvalue weighted by Crippen LogP contribution is -2.30. The summed E-state index contributed by atoms with van der Waals surface area (Å²) in [5.41, 5.74) is 1.23. The van der Waals surface area contributed by atoms with Gasteiger partial charge in [-0.15, -0.1) is 0 Å². The fourth-order valence-electron chi connectivity index (χ4n) is 2.43. The zero-order valence-electron chi connectivity index (χ0n) is 13.7. The van der Waals surface area contributed by atoms with Crippen LogP contribution in [0, 0.1) is 5.92 Å². The molecule has 0 aliphatic heterocycles. The van der Waals surface area contributed by atoms with Crippen LogP contribution in [0.5, 0.6) is 0 Å². The first kappa shape index (κ1) is 17.5. The van der Waals surface area contributed by atoms with Crippen molar-refractivity contribution in [3.05, 3.63) is 48.0 Å². The molecule has 1 rings (SSSR count). The predicted octanol–water partition coefficient (Wildman–Crippen LogP) is 4.46. The third kappa shape index (κ3) is 7.12. The van der Waals surface area contributed by atoms with Crippen molar-refractivity contribution in [3.8, 4) is 0 Å². The fourth-order valence-corrected chi connectivity index (χ4v) is 2.43. The van der Waals surface area contributed by atoms with Crippen LogP contribution >= 0.6 is 0 Å². The van der Waals surface area contributed by atoms with Gasteiger partial charge in [0.2, 0.25) is 5.91 Å². The van der Waals surface area contributed by atoms with Crippen LogP contribution in [-0.2, 0) is 11.2 Å². The molecule has 1 amide bonds. The quantitative estimate of drug-likeness (QED) is 0.485. The van der Waals surface area contributed by atoms with Gasteiger partial charge in [0.1, 0.15) is 0 Å². The Morgan fingerprint density at radius 1 is 1.14 bits per heavy atom. The molecule has 2 nitrogen and oxygen atoms in total. The monoisotopic (exact) mass is 287 g/mol. The lowest BCUT2D eigenvalue weighted by Gasteiger charge is -2.19. The van der Waals surface area contributed by atoms with E-state index in [1.54, 1.807) is 4.90 Å². The van der Waals surface area contributed by atoms with Crippen LogP contribution in [-0.4, -0.2) is 24.9 Å². The van der Waals surface area contributed by atoms with Gasteiger partial charge in [0.15, 0.2) is 0 Å². The van der Waals surface area contributed by atoms with E-state index in [2.05, 4.69) is 31.2 Å². The highest BCUT2D eigenvalue weighted by atomic mass is 16.2. The Morgan fingerprint density at radius 3 is 2.48 bits per heavy atom. The van der Waals surface area contributed by atoms with Gasteiger partial charge in [0.25, 0.3) is 0 Å². The second-order valence-electron chi connectivity index (χ2n) is 5.82. The molecule has 0 spiro atoms. The van der Waals surface area contributed by atoms with Gasteiger partial charge in [-0.2, -0.15) is 0 Å². The maximum Gasteiger partial charge on any atom is 0.225 e. The summed E-state index contributed by atoms with van der Waals surface area (Å²) in [5.74, 6) is 0.266. The molecule has 0 aliphatic carbocycles. The Kier molecular flexibility index (Phi) is 8.49. The van der Waals surface area contributed by atoms with Crippen LogP contribution in [0.4, 0.5) is 0 Å². The molecule has 1 aromatic rings. The van der Waals surface area contributed by atoms with Crippen LogP contribution in [0.25, 0.3) is 0 Å². The summed E-state index contributed by atoms with van der Waals surface area (Å²) in [4.78, 5) is 14.0. The van der Waals surface area contributed by atoms with E-state index in [0.29, 0.717) is 0 Å². The molecule has 2 heteroatoms. The third-order valence-corrected chi connectivity index (χ3v) is 3.68. The van der Waals surface area contributed by atoms with E-state index in [0.717, 1.165) is 19.3 Å². The summed E-state index contributed by atoms with van der Waals surface area (Å²) in [5, 5.41) is 0. The van der Waals surface area contributed by atoms with E-state index >= 15 is 0 Å². The minimum atomic E-state index is 0.0461. The molecule has 0 aliphatic rings. The van der Waals surface area contributed by atoms with Gasteiger partial charge >= 0.3 is 0 Å². The number of rotatable bonds is 9. The molecule has 0 saturated carbocycles. The molecular formula is C19H29NO. The van der Waals surface area contributed by atoms with E-state index in [4.69, 9.17) is 0 Å². The minimum absolute atomic E-state index is 0.0461. The van der Waals surface area contributed by atoms with Crippen LogP contribution in [0.3, 0.4) is 0 Å². The summed E-state index contributed by atoms with van der Waals surface area (Å²) in [6.45, 7) is 2.22. The highest BCUT2D eigenvalue weighted by molar-refractivity contribution is 5.78. The molecule has 0 heterocycles. The highest BCUT2D eigenvalue weighted by Gasteiger charge is 2.19. The minimum Gasteiger partial charge on any atom is -0.349 e. The van der Waals surface area contributed by atoms with E-state index in [9.17, 15) is 4.79 Å². The third-order valence-electron chi connectivity index (χ3n) is 3.68. The summed E-state index contributed by atoms with van der Waals surface area (Å²) >= 11 is 0. The van der Waals surface area contributed by atoms with Crippen molar-refractivity contribution in [1.29, 1.82) is 0 Å². The molecule has 0 radical (unpaired) electrons. The molecule has 0 saturated heterocycles. The summed E-state index contributed by atoms with van der Waals surface area (Å²) in [6, 6.07) is 10.3. The van der Waals surface area contributed by atoms with Gasteiger partial charge in [0, 0.05) is 20.0 Å². The Balaban J connectivity index is 2.55. The molecule has 1 unspecified atom stereocenters. The zero-order chi connectivity index (χ0) is 15.5. The molecular weight excluding hydrogens is 258 g/mol. The zero-order valence-corrected chi connectivity index (χ0v) is 13.7. The smallest absolute Gasteiger partial charge is 0.225 e. The van der Waals surface area contributed by atoms with Crippen molar-refractivity contribution in [2.75, 3.05) is 14.1 Å². The molecule has 21 heavy (non-hydrogen) atoms. The molecule has 1 atom stereocenters. The summed E-state index contributed by atoms with van der Waals surface area (Å²) < 4.78 is 0. The number of amides is 1. The number of carbonyl (C=O) groups excluding carboxylic acids is 1. The fraction of sp³-hybridized carbons (Fsp3) is 0.526. The summed E-state index contributed by atoms with van der Waals surface area (Å²) in [6.07, 6.45) is 11.0. The first-order valence-electron chi connectivity index (χ1n) is 8.05. The maximum atomic E-state index is 12.3. The van der Waals surface area contributed by atoms with Crippen molar-refractivity contribution in [2.24, 2.45) is 5.92 Å². The number of hydrogen-bond donors (Lipinski definition) is 0. The van der Waals surface area contributed by atoms with Gasteiger partial charge < -0.3 is 4.90 Å². The molecule has 1 aromatic carbocycles. The first-order chi connectivity index (χ1) is 10.1. The second kappa shape index (κ2) is 10.2. The number of carbonyl (C=O) groups is 1. The van der Waals surface area contributed by atoms with Gasteiger partial charge in [-0.05, 0) is 31.2 Å².